The number of carbonyl (C=O) groups excluding carboxylic acids is 1. The van der Waals surface area contributed by atoms with Crippen molar-refractivity contribution in [1.29, 1.82) is 0 Å². The van der Waals surface area contributed by atoms with Gasteiger partial charge in [-0.3, -0.25) is 9.69 Å². The molecule has 78 valence electrons. The maximum Gasteiger partial charge on any atom is 0.255 e. The number of aliphatic hydroxyl groups excluding tert-OH is 2. The van der Waals surface area contributed by atoms with Crippen LogP contribution in [-0.2, 0) is 9.53 Å². The number of hydrogen-bond donors (Lipinski definition) is 2. The van der Waals surface area contributed by atoms with Crippen LogP contribution in [0.5, 0.6) is 0 Å². The van der Waals surface area contributed by atoms with E-state index in [4.69, 9.17) is 4.74 Å². The predicted octanol–water partition coefficient (Wildman–Crippen LogP) is -0.799. The van der Waals surface area contributed by atoms with Crippen LogP contribution < -0.4 is 0 Å². The molecular formula is C9H13NO4. The number of aliphatic hydroxyl groups is 2. The van der Waals surface area contributed by atoms with E-state index in [0.29, 0.717) is 6.61 Å². The first kappa shape index (κ1) is 9.64. The molecular weight excluding hydrogens is 186 g/mol. The van der Waals surface area contributed by atoms with Crippen molar-refractivity contribution in [2.24, 2.45) is 0 Å². The molecule has 5 heteroatoms. The van der Waals surface area contributed by atoms with Crippen LogP contribution in [-0.4, -0.2) is 46.2 Å². The van der Waals surface area contributed by atoms with E-state index in [2.05, 4.69) is 0 Å². The second-order valence-electron chi connectivity index (χ2n) is 3.61. The molecule has 0 aromatic carbocycles. The quantitative estimate of drug-likeness (QED) is 0.542. The Morgan fingerprint density at radius 3 is 2.71 bits per heavy atom. The van der Waals surface area contributed by atoms with Gasteiger partial charge in [0.2, 0.25) is 0 Å². The Balaban J connectivity index is 2.18. The summed E-state index contributed by atoms with van der Waals surface area (Å²) in [7, 11) is 0. The van der Waals surface area contributed by atoms with Crippen molar-refractivity contribution in [1.82, 2.24) is 4.90 Å². The van der Waals surface area contributed by atoms with Crippen molar-refractivity contribution in [2.75, 3.05) is 6.61 Å². The van der Waals surface area contributed by atoms with Gasteiger partial charge in [0.1, 0.15) is 12.3 Å². The van der Waals surface area contributed by atoms with Gasteiger partial charge in [0.25, 0.3) is 5.91 Å². The van der Waals surface area contributed by atoms with E-state index in [1.165, 1.54) is 4.90 Å². The molecule has 2 N–H and O–H groups in total. The topological polar surface area (TPSA) is 70.0 Å². The fourth-order valence-electron chi connectivity index (χ4n) is 1.81. The van der Waals surface area contributed by atoms with Crippen LogP contribution in [0.2, 0.25) is 0 Å². The Bertz CT molecular complexity index is 289. The second kappa shape index (κ2) is 3.34. The van der Waals surface area contributed by atoms with Crippen LogP contribution in [0.4, 0.5) is 0 Å². The molecule has 0 bridgehead atoms. The normalized spacial score (nSPS) is 37.9. The van der Waals surface area contributed by atoms with Crippen molar-refractivity contribution in [3.05, 3.63) is 11.6 Å². The summed E-state index contributed by atoms with van der Waals surface area (Å²) >= 11 is 0. The van der Waals surface area contributed by atoms with Crippen LogP contribution in [0.3, 0.4) is 0 Å². The summed E-state index contributed by atoms with van der Waals surface area (Å²) in [4.78, 5) is 12.7. The van der Waals surface area contributed by atoms with Gasteiger partial charge in [0, 0.05) is 6.42 Å². The minimum absolute atomic E-state index is 0.0615. The summed E-state index contributed by atoms with van der Waals surface area (Å²) in [6, 6.07) is 0. The molecule has 3 atom stereocenters. The van der Waals surface area contributed by atoms with Crippen LogP contribution in [0.1, 0.15) is 13.3 Å². The summed E-state index contributed by atoms with van der Waals surface area (Å²) in [5.41, 5.74) is 0.895. The van der Waals surface area contributed by atoms with Gasteiger partial charge in [0.05, 0.1) is 6.61 Å². The average Bonchev–Trinajstić information content (AvgIpc) is 2.60. The molecule has 1 amide bonds. The van der Waals surface area contributed by atoms with Gasteiger partial charge in [0.15, 0.2) is 6.23 Å². The summed E-state index contributed by atoms with van der Waals surface area (Å²) in [5, 5.41) is 18.8. The molecule has 14 heavy (non-hydrogen) atoms. The zero-order chi connectivity index (χ0) is 10.3. The molecule has 5 nitrogen and oxygen atoms in total. The minimum atomic E-state index is -1.10. The van der Waals surface area contributed by atoms with Crippen molar-refractivity contribution in [3.8, 4) is 0 Å². The van der Waals surface area contributed by atoms with Crippen molar-refractivity contribution in [3.63, 3.8) is 0 Å². The molecule has 1 fully saturated rings. The molecule has 0 unspecified atom stereocenters. The third-order valence-corrected chi connectivity index (χ3v) is 2.60. The van der Waals surface area contributed by atoms with Crippen LogP contribution in [0, 0.1) is 0 Å². The van der Waals surface area contributed by atoms with Crippen molar-refractivity contribution < 1.29 is 19.7 Å². The predicted molar refractivity (Wildman–Crippen MR) is 47.0 cm³/mol. The van der Waals surface area contributed by atoms with E-state index in [1.807, 2.05) is 13.0 Å². The Morgan fingerprint density at radius 2 is 2.29 bits per heavy atom. The monoisotopic (exact) mass is 199 g/mol. The van der Waals surface area contributed by atoms with Crippen LogP contribution >= 0.6 is 0 Å². The maximum atomic E-state index is 11.5. The third-order valence-electron chi connectivity index (χ3n) is 2.60. The summed E-state index contributed by atoms with van der Waals surface area (Å²) in [6.45, 7) is 2.28. The van der Waals surface area contributed by atoms with Gasteiger partial charge in [-0.15, -0.1) is 0 Å². The molecule has 2 aliphatic rings. The number of ether oxygens (including phenoxy) is 1. The first-order chi connectivity index (χ1) is 6.61. The highest BCUT2D eigenvalue weighted by molar-refractivity contribution is 5.83. The van der Waals surface area contributed by atoms with Gasteiger partial charge >= 0.3 is 0 Å². The van der Waals surface area contributed by atoms with Gasteiger partial charge in [-0.1, -0.05) is 6.08 Å². The first-order valence-electron chi connectivity index (χ1n) is 4.58. The number of carbonyl (C=O) groups is 1. The summed E-state index contributed by atoms with van der Waals surface area (Å²) in [6.07, 6.45) is -0.623. The van der Waals surface area contributed by atoms with Gasteiger partial charge in [-0.2, -0.15) is 0 Å². The Morgan fingerprint density at radius 1 is 1.57 bits per heavy atom. The fraction of sp³-hybridized carbons (Fsp3) is 0.667. The standard InChI is InChI=1S/C9H13NO4/c1-5-2-3-14-9(5)10-7(12)4-6(11)8(10)13/h2,6-7,9,11-12H,3-4H2,1H3/t6-,7-,9-/m1/s1. The Kier molecular flexibility index (Phi) is 2.30. The number of amides is 1. The largest absolute Gasteiger partial charge is 0.383 e. The Labute approximate surface area is 81.6 Å². The lowest BCUT2D eigenvalue weighted by Crippen LogP contribution is -2.43. The van der Waals surface area contributed by atoms with E-state index in [1.54, 1.807) is 0 Å². The average molecular weight is 199 g/mol. The highest BCUT2D eigenvalue weighted by Crippen LogP contribution is 2.26. The Hall–Kier alpha value is -0.910. The zero-order valence-electron chi connectivity index (χ0n) is 7.88. The summed E-state index contributed by atoms with van der Waals surface area (Å²) < 4.78 is 5.28. The molecule has 2 rings (SSSR count). The van der Waals surface area contributed by atoms with Gasteiger partial charge < -0.3 is 14.9 Å². The third kappa shape index (κ3) is 1.33. The lowest BCUT2D eigenvalue weighted by molar-refractivity contribution is -0.151. The van der Waals surface area contributed by atoms with Crippen LogP contribution in [0.15, 0.2) is 11.6 Å². The molecule has 0 aromatic rings. The molecule has 0 spiro atoms. The van der Waals surface area contributed by atoms with Gasteiger partial charge in [-0.25, -0.2) is 0 Å². The molecule has 1 saturated heterocycles. The second-order valence-corrected chi connectivity index (χ2v) is 3.61. The first-order valence-corrected chi connectivity index (χ1v) is 4.58. The molecule has 0 aliphatic carbocycles. The molecule has 2 aliphatic heterocycles. The highest BCUT2D eigenvalue weighted by atomic mass is 16.5. The van der Waals surface area contributed by atoms with Crippen molar-refractivity contribution >= 4 is 5.91 Å². The summed E-state index contributed by atoms with van der Waals surface area (Å²) in [5.74, 6) is -0.461. The van der Waals surface area contributed by atoms with E-state index in [9.17, 15) is 15.0 Å². The SMILES string of the molecule is CC1=CCO[C@H]1N1C(=O)[C@H](O)C[C@H]1O. The number of rotatable bonds is 1. The lowest BCUT2D eigenvalue weighted by atomic mass is 10.2. The molecule has 2 heterocycles. The van der Waals surface area contributed by atoms with E-state index >= 15 is 0 Å². The fourth-order valence-corrected chi connectivity index (χ4v) is 1.81. The zero-order valence-corrected chi connectivity index (χ0v) is 7.88. The molecule has 0 radical (unpaired) electrons. The van der Waals surface area contributed by atoms with E-state index in [-0.39, 0.29) is 6.42 Å². The van der Waals surface area contributed by atoms with E-state index < -0.39 is 24.5 Å². The molecule has 0 saturated carbocycles. The molecule has 0 aromatic heterocycles. The number of hydrogen-bond acceptors (Lipinski definition) is 4. The lowest BCUT2D eigenvalue weighted by Gasteiger charge is -2.27. The van der Waals surface area contributed by atoms with Crippen molar-refractivity contribution in [2.45, 2.75) is 31.9 Å². The number of nitrogens with zero attached hydrogens (tertiary/aromatic N) is 1. The van der Waals surface area contributed by atoms with Crippen LogP contribution in [0.25, 0.3) is 0 Å². The smallest absolute Gasteiger partial charge is 0.255 e. The number of likely N-dealkylation sites (tertiary alicyclic amines) is 1. The van der Waals surface area contributed by atoms with E-state index in [0.717, 1.165) is 5.57 Å². The minimum Gasteiger partial charge on any atom is -0.383 e. The maximum absolute atomic E-state index is 11.5. The van der Waals surface area contributed by atoms with Gasteiger partial charge in [-0.05, 0) is 12.5 Å². The highest BCUT2D eigenvalue weighted by Gasteiger charge is 2.43.